The molecule has 0 atom stereocenters. The van der Waals surface area contributed by atoms with Gasteiger partial charge in [0.1, 0.15) is 5.75 Å². The van der Waals surface area contributed by atoms with Crippen molar-refractivity contribution in [3.63, 3.8) is 0 Å². The highest BCUT2D eigenvalue weighted by atomic mass is 32.1. The Labute approximate surface area is 164 Å². The number of anilines is 1. The van der Waals surface area contributed by atoms with E-state index in [1.54, 1.807) is 43.3 Å². The Hall–Kier alpha value is -2.93. The molecule has 0 aliphatic heterocycles. The number of amides is 2. The minimum atomic E-state index is -0.317. The van der Waals surface area contributed by atoms with Crippen LogP contribution in [0.3, 0.4) is 0 Å². The van der Waals surface area contributed by atoms with Gasteiger partial charge in [0.15, 0.2) is 5.11 Å². The van der Waals surface area contributed by atoms with Gasteiger partial charge in [-0.25, -0.2) is 0 Å². The molecule has 2 aromatic rings. The van der Waals surface area contributed by atoms with Crippen molar-refractivity contribution in [1.29, 1.82) is 0 Å². The first-order valence-electron chi connectivity index (χ1n) is 8.53. The predicted molar refractivity (Wildman–Crippen MR) is 110 cm³/mol. The van der Waals surface area contributed by atoms with Crippen LogP contribution in [0.2, 0.25) is 0 Å². The van der Waals surface area contributed by atoms with Crippen LogP contribution in [-0.2, 0) is 11.2 Å². The zero-order valence-electron chi connectivity index (χ0n) is 15.6. The van der Waals surface area contributed by atoms with Crippen molar-refractivity contribution in [3.8, 4) is 5.75 Å². The third-order valence-corrected chi connectivity index (χ3v) is 3.90. The second-order valence-corrected chi connectivity index (χ2v) is 6.44. The number of hydrogen-bond donors (Lipinski definition) is 2. The van der Waals surface area contributed by atoms with E-state index in [9.17, 15) is 9.59 Å². The number of rotatable bonds is 6. The summed E-state index contributed by atoms with van der Waals surface area (Å²) >= 11 is 5.20. The maximum absolute atomic E-state index is 12.3. The van der Waals surface area contributed by atoms with E-state index in [2.05, 4.69) is 10.6 Å². The Morgan fingerprint density at radius 1 is 1.11 bits per heavy atom. The number of hydrogen-bond acceptors (Lipinski definition) is 4. The second-order valence-electron chi connectivity index (χ2n) is 6.03. The van der Waals surface area contributed by atoms with Crippen LogP contribution in [0.5, 0.6) is 5.75 Å². The molecular formula is C20H23N3O3S. The SMILES string of the molecule is CCOc1cccc(C(=O)NC(=S)Nc2ccc(CC(=O)N(C)C)cc2)c1. The molecule has 2 rings (SSSR count). The molecule has 7 heteroatoms. The number of thiocarbonyl (C=S) groups is 1. The van der Waals surface area contributed by atoms with Gasteiger partial charge < -0.3 is 15.0 Å². The molecule has 27 heavy (non-hydrogen) atoms. The molecule has 142 valence electrons. The summed E-state index contributed by atoms with van der Waals surface area (Å²) in [7, 11) is 3.45. The van der Waals surface area contributed by atoms with Gasteiger partial charge in [0.2, 0.25) is 5.91 Å². The van der Waals surface area contributed by atoms with E-state index in [1.165, 1.54) is 0 Å². The molecule has 6 nitrogen and oxygen atoms in total. The van der Waals surface area contributed by atoms with Crippen molar-refractivity contribution in [1.82, 2.24) is 10.2 Å². The summed E-state index contributed by atoms with van der Waals surface area (Å²) in [5.74, 6) is 0.349. The predicted octanol–water partition coefficient (Wildman–Crippen LogP) is 2.84. The van der Waals surface area contributed by atoms with Crippen LogP contribution in [0, 0.1) is 0 Å². The zero-order chi connectivity index (χ0) is 19.8. The summed E-state index contributed by atoms with van der Waals surface area (Å²) in [6.45, 7) is 2.41. The topological polar surface area (TPSA) is 70.7 Å². The first-order valence-corrected chi connectivity index (χ1v) is 8.94. The fourth-order valence-corrected chi connectivity index (χ4v) is 2.48. The van der Waals surface area contributed by atoms with Crippen LogP contribution in [0.25, 0.3) is 0 Å². The van der Waals surface area contributed by atoms with Gasteiger partial charge in [0.25, 0.3) is 5.91 Å². The van der Waals surface area contributed by atoms with E-state index in [0.717, 1.165) is 11.3 Å². The molecule has 2 amide bonds. The minimum absolute atomic E-state index is 0.0350. The number of nitrogens with one attached hydrogen (secondary N) is 2. The number of carbonyl (C=O) groups is 2. The molecule has 2 N–H and O–H groups in total. The monoisotopic (exact) mass is 385 g/mol. The fraction of sp³-hybridized carbons (Fsp3) is 0.250. The molecule has 0 aliphatic carbocycles. The molecule has 0 bridgehead atoms. The third kappa shape index (κ3) is 6.38. The summed E-state index contributed by atoms with van der Waals surface area (Å²) in [6, 6.07) is 14.2. The van der Waals surface area contributed by atoms with Gasteiger partial charge in [-0.3, -0.25) is 14.9 Å². The van der Waals surface area contributed by atoms with Crippen LogP contribution in [0.1, 0.15) is 22.8 Å². The molecule has 2 aromatic carbocycles. The van der Waals surface area contributed by atoms with Crippen molar-refractivity contribution in [3.05, 3.63) is 59.7 Å². The van der Waals surface area contributed by atoms with Gasteiger partial charge in [0, 0.05) is 25.3 Å². The van der Waals surface area contributed by atoms with Crippen molar-refractivity contribution < 1.29 is 14.3 Å². The average Bonchev–Trinajstić information content (AvgIpc) is 2.63. The number of benzene rings is 2. The van der Waals surface area contributed by atoms with Crippen molar-refractivity contribution >= 4 is 34.8 Å². The molecule has 0 unspecified atom stereocenters. The van der Waals surface area contributed by atoms with Gasteiger partial charge >= 0.3 is 0 Å². The number of nitrogens with zero attached hydrogens (tertiary/aromatic N) is 1. The number of ether oxygens (including phenoxy) is 1. The lowest BCUT2D eigenvalue weighted by Crippen LogP contribution is -2.34. The average molecular weight is 385 g/mol. The quantitative estimate of drug-likeness (QED) is 0.749. The number of carbonyl (C=O) groups excluding carboxylic acids is 2. The smallest absolute Gasteiger partial charge is 0.257 e. The molecule has 0 aliphatic rings. The molecular weight excluding hydrogens is 362 g/mol. The van der Waals surface area contributed by atoms with E-state index in [-0.39, 0.29) is 16.9 Å². The standard InChI is InChI=1S/C20H23N3O3S/c1-4-26-17-7-5-6-15(13-17)19(25)22-20(27)21-16-10-8-14(9-11-16)12-18(24)23(2)3/h5-11,13H,4,12H2,1-3H3,(H2,21,22,25,27). The molecule has 0 heterocycles. The first-order chi connectivity index (χ1) is 12.9. The van der Waals surface area contributed by atoms with Gasteiger partial charge in [0.05, 0.1) is 13.0 Å². The fourth-order valence-electron chi connectivity index (χ4n) is 2.27. The molecule has 0 saturated carbocycles. The van der Waals surface area contributed by atoms with E-state index in [0.29, 0.717) is 24.3 Å². The Balaban J connectivity index is 1.92. The lowest BCUT2D eigenvalue weighted by Gasteiger charge is -2.12. The lowest BCUT2D eigenvalue weighted by molar-refractivity contribution is -0.127. The Morgan fingerprint density at radius 2 is 1.81 bits per heavy atom. The Morgan fingerprint density at radius 3 is 2.44 bits per heavy atom. The summed E-state index contributed by atoms with van der Waals surface area (Å²) in [6.07, 6.45) is 0.338. The van der Waals surface area contributed by atoms with Crippen molar-refractivity contribution in [2.75, 3.05) is 26.0 Å². The van der Waals surface area contributed by atoms with Crippen LogP contribution >= 0.6 is 12.2 Å². The maximum Gasteiger partial charge on any atom is 0.257 e. The van der Waals surface area contributed by atoms with E-state index in [4.69, 9.17) is 17.0 Å². The van der Waals surface area contributed by atoms with Gasteiger partial charge in [-0.15, -0.1) is 0 Å². The maximum atomic E-state index is 12.3. The van der Waals surface area contributed by atoms with E-state index >= 15 is 0 Å². The largest absolute Gasteiger partial charge is 0.494 e. The zero-order valence-corrected chi connectivity index (χ0v) is 16.4. The minimum Gasteiger partial charge on any atom is -0.494 e. The molecule has 0 radical (unpaired) electrons. The third-order valence-electron chi connectivity index (χ3n) is 3.70. The second kappa shape index (κ2) is 9.68. The molecule has 0 fully saturated rings. The highest BCUT2D eigenvalue weighted by Gasteiger charge is 2.10. The normalized spacial score (nSPS) is 10.0. The highest BCUT2D eigenvalue weighted by Crippen LogP contribution is 2.14. The molecule has 0 spiro atoms. The Kier molecular flexibility index (Phi) is 7.31. The van der Waals surface area contributed by atoms with Crippen LogP contribution < -0.4 is 15.4 Å². The van der Waals surface area contributed by atoms with Gasteiger partial charge in [-0.05, 0) is 55.0 Å². The van der Waals surface area contributed by atoms with Crippen LogP contribution in [0.15, 0.2) is 48.5 Å². The van der Waals surface area contributed by atoms with Gasteiger partial charge in [-0.2, -0.15) is 0 Å². The summed E-state index contributed by atoms with van der Waals surface area (Å²) in [5.41, 5.74) is 2.09. The molecule has 0 saturated heterocycles. The lowest BCUT2D eigenvalue weighted by atomic mass is 10.1. The van der Waals surface area contributed by atoms with Crippen molar-refractivity contribution in [2.45, 2.75) is 13.3 Å². The van der Waals surface area contributed by atoms with Crippen molar-refractivity contribution in [2.24, 2.45) is 0 Å². The number of likely N-dealkylation sites (N-methyl/N-ethyl adjacent to an activating group) is 1. The van der Waals surface area contributed by atoms with Crippen LogP contribution in [0.4, 0.5) is 5.69 Å². The first kappa shape index (κ1) is 20.4. The molecule has 0 aromatic heterocycles. The summed E-state index contributed by atoms with van der Waals surface area (Å²) in [5, 5.41) is 5.79. The van der Waals surface area contributed by atoms with Crippen LogP contribution in [-0.4, -0.2) is 42.5 Å². The highest BCUT2D eigenvalue weighted by molar-refractivity contribution is 7.80. The van der Waals surface area contributed by atoms with E-state index in [1.807, 2.05) is 31.2 Å². The van der Waals surface area contributed by atoms with E-state index < -0.39 is 0 Å². The summed E-state index contributed by atoms with van der Waals surface area (Å²) < 4.78 is 5.40. The van der Waals surface area contributed by atoms with Gasteiger partial charge in [-0.1, -0.05) is 18.2 Å². The Bertz CT molecular complexity index is 819. The summed E-state index contributed by atoms with van der Waals surface area (Å²) in [4.78, 5) is 25.6.